The van der Waals surface area contributed by atoms with Gasteiger partial charge in [0.15, 0.2) is 0 Å². The third-order valence-corrected chi connectivity index (χ3v) is 5.73. The highest BCUT2D eigenvalue weighted by Gasteiger charge is 2.16. The van der Waals surface area contributed by atoms with Crippen LogP contribution in [-0.4, -0.2) is 23.9 Å². The zero-order valence-corrected chi connectivity index (χ0v) is 16.9. The first-order valence-corrected chi connectivity index (χ1v) is 10.3. The minimum atomic E-state index is -0.0135. The number of piperidine rings is 1. The van der Waals surface area contributed by atoms with Crippen molar-refractivity contribution in [3.8, 4) is 0 Å². The molecule has 144 valence electrons. The second kappa shape index (κ2) is 9.18. The van der Waals surface area contributed by atoms with Gasteiger partial charge in [0, 0.05) is 12.1 Å². The predicted octanol–water partition coefficient (Wildman–Crippen LogP) is 4.97. The van der Waals surface area contributed by atoms with E-state index in [9.17, 15) is 4.79 Å². The van der Waals surface area contributed by atoms with Crippen LogP contribution >= 0.6 is 0 Å². The number of aryl methyl sites for hydroxylation is 1. The summed E-state index contributed by atoms with van der Waals surface area (Å²) in [6, 6.07) is 16.6. The van der Waals surface area contributed by atoms with Crippen LogP contribution in [0.1, 0.15) is 66.7 Å². The van der Waals surface area contributed by atoms with E-state index in [1.54, 1.807) is 0 Å². The van der Waals surface area contributed by atoms with Gasteiger partial charge in [-0.3, -0.25) is 9.69 Å². The Morgan fingerprint density at radius 2 is 1.63 bits per heavy atom. The first-order chi connectivity index (χ1) is 13.0. The Hall–Kier alpha value is -2.13. The van der Waals surface area contributed by atoms with Crippen molar-refractivity contribution >= 4 is 5.91 Å². The maximum atomic E-state index is 12.6. The number of nitrogens with one attached hydrogen (secondary N) is 1. The molecule has 0 saturated carbocycles. The Morgan fingerprint density at radius 1 is 1.04 bits per heavy atom. The van der Waals surface area contributed by atoms with Crippen LogP contribution in [0.25, 0.3) is 0 Å². The first-order valence-electron chi connectivity index (χ1n) is 10.3. The number of benzene rings is 2. The van der Waals surface area contributed by atoms with Crippen molar-refractivity contribution in [1.29, 1.82) is 0 Å². The molecule has 2 aromatic carbocycles. The van der Waals surface area contributed by atoms with E-state index in [0.717, 1.165) is 30.0 Å². The highest BCUT2D eigenvalue weighted by atomic mass is 16.1. The van der Waals surface area contributed by atoms with Gasteiger partial charge in [0.2, 0.25) is 0 Å². The summed E-state index contributed by atoms with van der Waals surface area (Å²) >= 11 is 0. The van der Waals surface area contributed by atoms with E-state index < -0.39 is 0 Å². The standard InChI is InChI=1S/C24H32N2O/c1-4-20-5-9-22(10-6-20)19(3)25-24(27)23-11-7-21(8-12-23)17-26-15-13-18(2)14-16-26/h5-12,18-19H,4,13-17H2,1-3H3,(H,25,27). The normalized spacial score (nSPS) is 16.9. The number of rotatable bonds is 6. The van der Waals surface area contributed by atoms with Crippen molar-refractivity contribution in [3.63, 3.8) is 0 Å². The van der Waals surface area contributed by atoms with E-state index in [1.807, 2.05) is 19.1 Å². The molecule has 3 nitrogen and oxygen atoms in total. The Bertz CT molecular complexity index is 728. The minimum absolute atomic E-state index is 0.00146. The lowest BCUT2D eigenvalue weighted by Crippen LogP contribution is -2.32. The molecule has 1 fully saturated rings. The Kier molecular flexibility index (Phi) is 6.68. The average Bonchev–Trinajstić information content (AvgIpc) is 2.70. The Labute approximate surface area is 163 Å². The molecule has 0 aromatic heterocycles. The molecule has 0 aliphatic carbocycles. The number of likely N-dealkylation sites (tertiary alicyclic amines) is 1. The Balaban J connectivity index is 1.55. The fourth-order valence-corrected chi connectivity index (χ4v) is 3.65. The molecule has 0 radical (unpaired) electrons. The molecule has 0 bridgehead atoms. The van der Waals surface area contributed by atoms with E-state index in [-0.39, 0.29) is 11.9 Å². The van der Waals surface area contributed by atoms with Gasteiger partial charge in [-0.1, -0.05) is 50.2 Å². The van der Waals surface area contributed by atoms with Crippen LogP contribution in [0.15, 0.2) is 48.5 Å². The van der Waals surface area contributed by atoms with Gasteiger partial charge in [-0.05, 0) is 74.0 Å². The highest BCUT2D eigenvalue weighted by Crippen LogP contribution is 2.19. The van der Waals surface area contributed by atoms with Crippen LogP contribution in [0, 0.1) is 5.92 Å². The van der Waals surface area contributed by atoms with Gasteiger partial charge in [-0.25, -0.2) is 0 Å². The smallest absolute Gasteiger partial charge is 0.251 e. The summed E-state index contributed by atoms with van der Waals surface area (Å²) in [5.74, 6) is 0.841. The number of nitrogens with zero attached hydrogens (tertiary/aromatic N) is 1. The molecule has 1 atom stereocenters. The lowest BCUT2D eigenvalue weighted by molar-refractivity contribution is 0.0940. The molecule has 1 N–H and O–H groups in total. The highest BCUT2D eigenvalue weighted by molar-refractivity contribution is 5.94. The lowest BCUT2D eigenvalue weighted by Gasteiger charge is -2.30. The van der Waals surface area contributed by atoms with E-state index in [2.05, 4.69) is 60.5 Å². The second-order valence-electron chi connectivity index (χ2n) is 7.95. The number of hydrogen-bond donors (Lipinski definition) is 1. The molecule has 1 heterocycles. The molecular weight excluding hydrogens is 332 g/mol. The summed E-state index contributed by atoms with van der Waals surface area (Å²) in [5, 5.41) is 3.11. The topological polar surface area (TPSA) is 32.3 Å². The molecule has 2 aromatic rings. The van der Waals surface area contributed by atoms with Crippen molar-refractivity contribution < 1.29 is 4.79 Å². The monoisotopic (exact) mass is 364 g/mol. The van der Waals surface area contributed by atoms with Crippen molar-refractivity contribution in [1.82, 2.24) is 10.2 Å². The summed E-state index contributed by atoms with van der Waals surface area (Å²) < 4.78 is 0. The predicted molar refractivity (Wildman–Crippen MR) is 112 cm³/mol. The van der Waals surface area contributed by atoms with Gasteiger partial charge < -0.3 is 5.32 Å². The molecule has 1 unspecified atom stereocenters. The third kappa shape index (κ3) is 5.43. The van der Waals surface area contributed by atoms with Crippen LogP contribution in [0.3, 0.4) is 0 Å². The summed E-state index contributed by atoms with van der Waals surface area (Å²) in [6.07, 6.45) is 3.61. The number of hydrogen-bond acceptors (Lipinski definition) is 2. The molecule has 1 aliphatic heterocycles. The molecule has 3 heteroatoms. The van der Waals surface area contributed by atoms with Crippen LogP contribution in [0.2, 0.25) is 0 Å². The zero-order valence-electron chi connectivity index (χ0n) is 16.9. The van der Waals surface area contributed by atoms with E-state index in [0.29, 0.717) is 0 Å². The van der Waals surface area contributed by atoms with Crippen LogP contribution in [-0.2, 0) is 13.0 Å². The molecule has 1 aliphatic rings. The van der Waals surface area contributed by atoms with Crippen LogP contribution in [0.4, 0.5) is 0 Å². The summed E-state index contributed by atoms with van der Waals surface area (Å²) in [5.41, 5.74) is 4.46. The van der Waals surface area contributed by atoms with Crippen molar-refractivity contribution in [2.45, 2.75) is 52.6 Å². The maximum absolute atomic E-state index is 12.6. The number of carbonyl (C=O) groups is 1. The van der Waals surface area contributed by atoms with Gasteiger partial charge >= 0.3 is 0 Å². The third-order valence-electron chi connectivity index (χ3n) is 5.73. The molecular formula is C24H32N2O. The molecule has 1 saturated heterocycles. The first kappa shape index (κ1) is 19.6. The van der Waals surface area contributed by atoms with Gasteiger partial charge in [0.25, 0.3) is 5.91 Å². The van der Waals surface area contributed by atoms with Crippen molar-refractivity contribution in [2.24, 2.45) is 5.92 Å². The minimum Gasteiger partial charge on any atom is -0.346 e. The number of carbonyl (C=O) groups excluding carboxylic acids is 1. The van der Waals surface area contributed by atoms with Gasteiger partial charge in [-0.2, -0.15) is 0 Å². The van der Waals surface area contributed by atoms with E-state index in [1.165, 1.54) is 37.1 Å². The van der Waals surface area contributed by atoms with Gasteiger partial charge in [-0.15, -0.1) is 0 Å². The molecule has 0 spiro atoms. The largest absolute Gasteiger partial charge is 0.346 e. The molecule has 27 heavy (non-hydrogen) atoms. The fourth-order valence-electron chi connectivity index (χ4n) is 3.65. The zero-order chi connectivity index (χ0) is 19.2. The fraction of sp³-hybridized carbons (Fsp3) is 0.458. The number of amides is 1. The average molecular weight is 365 g/mol. The summed E-state index contributed by atoms with van der Waals surface area (Å²) in [4.78, 5) is 15.1. The van der Waals surface area contributed by atoms with E-state index in [4.69, 9.17) is 0 Å². The summed E-state index contributed by atoms with van der Waals surface area (Å²) in [6.45, 7) is 9.86. The van der Waals surface area contributed by atoms with Crippen LogP contribution in [0.5, 0.6) is 0 Å². The van der Waals surface area contributed by atoms with Gasteiger partial charge in [0.1, 0.15) is 0 Å². The Morgan fingerprint density at radius 3 is 2.22 bits per heavy atom. The maximum Gasteiger partial charge on any atom is 0.251 e. The lowest BCUT2D eigenvalue weighted by atomic mass is 9.99. The van der Waals surface area contributed by atoms with Gasteiger partial charge in [0.05, 0.1) is 6.04 Å². The second-order valence-corrected chi connectivity index (χ2v) is 7.95. The van der Waals surface area contributed by atoms with E-state index >= 15 is 0 Å². The van der Waals surface area contributed by atoms with Crippen molar-refractivity contribution in [3.05, 3.63) is 70.8 Å². The van der Waals surface area contributed by atoms with Crippen molar-refractivity contribution in [2.75, 3.05) is 13.1 Å². The molecule has 1 amide bonds. The SMILES string of the molecule is CCc1ccc(C(C)NC(=O)c2ccc(CN3CCC(C)CC3)cc2)cc1. The van der Waals surface area contributed by atoms with Crippen LogP contribution < -0.4 is 5.32 Å². The summed E-state index contributed by atoms with van der Waals surface area (Å²) in [7, 11) is 0. The quantitative estimate of drug-likeness (QED) is 0.785. The molecule has 3 rings (SSSR count).